The molecule has 0 saturated heterocycles. The molecule has 0 aromatic carbocycles. The molecule has 0 bridgehead atoms. The number of rotatable bonds is 1. The number of aryl methyl sites for hydroxylation is 2. The highest BCUT2D eigenvalue weighted by Gasteiger charge is 2.05. The van der Waals surface area contributed by atoms with Crippen LogP contribution in [-0.2, 0) is 6.42 Å². The largest absolute Gasteiger partial charge is 0.327 e. The smallest absolute Gasteiger partial charge is 0.291 e. The summed E-state index contributed by atoms with van der Waals surface area (Å²) < 4.78 is 0. The SMILES string of the molecule is CCc1cc2c(=O)[nH]c(=O)[nH]c2nc1C. The summed E-state index contributed by atoms with van der Waals surface area (Å²) in [6.07, 6.45) is 0.813. The molecule has 0 unspecified atom stereocenters. The molecule has 0 radical (unpaired) electrons. The number of aromatic nitrogens is 3. The molecule has 0 aliphatic heterocycles. The summed E-state index contributed by atoms with van der Waals surface area (Å²) in [5.41, 5.74) is 1.28. The van der Waals surface area contributed by atoms with Crippen molar-refractivity contribution in [2.24, 2.45) is 0 Å². The van der Waals surface area contributed by atoms with Crippen LogP contribution < -0.4 is 11.2 Å². The van der Waals surface area contributed by atoms with Gasteiger partial charge >= 0.3 is 5.69 Å². The van der Waals surface area contributed by atoms with Gasteiger partial charge in [0.25, 0.3) is 5.56 Å². The predicted octanol–water partition coefficient (Wildman–Crippen LogP) is 0.482. The zero-order valence-corrected chi connectivity index (χ0v) is 8.55. The summed E-state index contributed by atoms with van der Waals surface area (Å²) in [5.74, 6) is 0. The van der Waals surface area contributed by atoms with E-state index in [2.05, 4.69) is 15.0 Å². The fourth-order valence-electron chi connectivity index (χ4n) is 1.58. The second-order valence-electron chi connectivity index (χ2n) is 3.39. The van der Waals surface area contributed by atoms with Crippen LogP contribution in [-0.4, -0.2) is 15.0 Å². The molecule has 2 heterocycles. The van der Waals surface area contributed by atoms with Crippen molar-refractivity contribution in [2.75, 3.05) is 0 Å². The van der Waals surface area contributed by atoms with Gasteiger partial charge in [0.15, 0.2) is 0 Å². The lowest BCUT2D eigenvalue weighted by Crippen LogP contribution is -2.22. The molecule has 0 atom stereocenters. The Morgan fingerprint density at radius 1 is 1.33 bits per heavy atom. The number of pyridine rings is 1. The van der Waals surface area contributed by atoms with E-state index < -0.39 is 11.2 Å². The molecule has 2 rings (SSSR count). The van der Waals surface area contributed by atoms with Crippen LogP contribution in [0.4, 0.5) is 0 Å². The number of hydrogen-bond acceptors (Lipinski definition) is 3. The highest BCUT2D eigenvalue weighted by Crippen LogP contribution is 2.10. The normalized spacial score (nSPS) is 10.8. The van der Waals surface area contributed by atoms with E-state index >= 15 is 0 Å². The minimum atomic E-state index is -0.524. The topological polar surface area (TPSA) is 78.6 Å². The van der Waals surface area contributed by atoms with Crippen LogP contribution in [0.3, 0.4) is 0 Å². The molecule has 0 aliphatic rings. The van der Waals surface area contributed by atoms with Crippen LogP contribution in [0.2, 0.25) is 0 Å². The Morgan fingerprint density at radius 2 is 2.07 bits per heavy atom. The van der Waals surface area contributed by atoms with Crippen LogP contribution in [0.1, 0.15) is 18.2 Å². The van der Waals surface area contributed by atoms with E-state index in [-0.39, 0.29) is 0 Å². The van der Waals surface area contributed by atoms with Crippen molar-refractivity contribution in [3.63, 3.8) is 0 Å². The molecule has 0 saturated carbocycles. The Kier molecular flexibility index (Phi) is 2.15. The summed E-state index contributed by atoms with van der Waals surface area (Å²) in [7, 11) is 0. The lowest BCUT2D eigenvalue weighted by molar-refractivity contribution is 1.02. The molecule has 5 nitrogen and oxygen atoms in total. The number of hydrogen-bond donors (Lipinski definition) is 2. The second-order valence-corrected chi connectivity index (χ2v) is 3.39. The molecule has 5 heteroatoms. The van der Waals surface area contributed by atoms with Gasteiger partial charge in [0.2, 0.25) is 0 Å². The molecule has 0 fully saturated rings. The van der Waals surface area contributed by atoms with Gasteiger partial charge in [-0.15, -0.1) is 0 Å². The van der Waals surface area contributed by atoms with Crippen molar-refractivity contribution in [2.45, 2.75) is 20.3 Å². The summed E-state index contributed by atoms with van der Waals surface area (Å²) in [4.78, 5) is 31.4. The zero-order valence-electron chi connectivity index (χ0n) is 8.55. The first-order valence-corrected chi connectivity index (χ1v) is 4.74. The minimum Gasteiger partial charge on any atom is -0.291 e. The third-order valence-electron chi connectivity index (χ3n) is 2.40. The van der Waals surface area contributed by atoms with Crippen molar-refractivity contribution in [3.8, 4) is 0 Å². The van der Waals surface area contributed by atoms with Crippen molar-refractivity contribution < 1.29 is 0 Å². The highest BCUT2D eigenvalue weighted by atomic mass is 16.2. The summed E-state index contributed by atoms with van der Waals surface area (Å²) in [6, 6.07) is 1.77. The first-order valence-electron chi connectivity index (χ1n) is 4.74. The van der Waals surface area contributed by atoms with Gasteiger partial charge in [0.1, 0.15) is 5.65 Å². The van der Waals surface area contributed by atoms with Crippen molar-refractivity contribution >= 4 is 11.0 Å². The maximum absolute atomic E-state index is 11.5. The van der Waals surface area contributed by atoms with E-state index in [0.29, 0.717) is 11.0 Å². The molecule has 2 aromatic heterocycles. The molecule has 15 heavy (non-hydrogen) atoms. The summed E-state index contributed by atoms with van der Waals surface area (Å²) in [6.45, 7) is 3.85. The van der Waals surface area contributed by atoms with Crippen LogP contribution in [0, 0.1) is 6.92 Å². The highest BCUT2D eigenvalue weighted by molar-refractivity contribution is 5.74. The number of nitrogens with one attached hydrogen (secondary N) is 2. The fourth-order valence-corrected chi connectivity index (χ4v) is 1.58. The standard InChI is InChI=1S/C10H11N3O2/c1-3-6-4-7-8(11-5(6)2)12-10(15)13-9(7)14/h4H,3H2,1-2H3,(H2,11,12,13,14,15). The van der Waals surface area contributed by atoms with Gasteiger partial charge in [-0.05, 0) is 25.0 Å². The van der Waals surface area contributed by atoms with Gasteiger partial charge < -0.3 is 0 Å². The van der Waals surface area contributed by atoms with E-state index in [1.807, 2.05) is 13.8 Å². The third kappa shape index (κ3) is 1.56. The first-order chi connectivity index (χ1) is 7.11. The van der Waals surface area contributed by atoms with Gasteiger partial charge in [0.05, 0.1) is 5.39 Å². The Hall–Kier alpha value is -1.91. The Morgan fingerprint density at radius 3 is 2.73 bits per heavy atom. The van der Waals surface area contributed by atoms with Gasteiger partial charge in [-0.25, -0.2) is 9.78 Å². The van der Waals surface area contributed by atoms with Crippen LogP contribution in [0.15, 0.2) is 15.7 Å². The van der Waals surface area contributed by atoms with Gasteiger partial charge in [-0.1, -0.05) is 6.92 Å². The summed E-state index contributed by atoms with van der Waals surface area (Å²) >= 11 is 0. The molecule has 0 aliphatic carbocycles. The average molecular weight is 205 g/mol. The van der Waals surface area contributed by atoms with Crippen molar-refractivity contribution in [3.05, 3.63) is 38.2 Å². The Bertz CT molecular complexity index is 625. The second kappa shape index (κ2) is 3.34. The number of aromatic amines is 2. The van der Waals surface area contributed by atoms with Crippen LogP contribution in [0.25, 0.3) is 11.0 Å². The monoisotopic (exact) mass is 205 g/mol. The fraction of sp³-hybridized carbons (Fsp3) is 0.300. The van der Waals surface area contributed by atoms with Gasteiger partial charge in [-0.3, -0.25) is 14.8 Å². The number of nitrogens with zero attached hydrogens (tertiary/aromatic N) is 1. The summed E-state index contributed by atoms with van der Waals surface area (Å²) in [5, 5.41) is 0.428. The van der Waals surface area contributed by atoms with Crippen LogP contribution >= 0.6 is 0 Å². The van der Waals surface area contributed by atoms with Crippen LogP contribution in [0.5, 0.6) is 0 Å². The quantitative estimate of drug-likeness (QED) is 0.710. The van der Waals surface area contributed by atoms with Crippen molar-refractivity contribution in [1.29, 1.82) is 0 Å². The van der Waals surface area contributed by atoms with E-state index in [9.17, 15) is 9.59 Å². The van der Waals surface area contributed by atoms with Gasteiger partial charge in [0, 0.05) is 5.69 Å². The first kappa shape index (κ1) is 9.64. The molecule has 78 valence electrons. The van der Waals surface area contributed by atoms with E-state index in [1.165, 1.54) is 0 Å². The lowest BCUT2D eigenvalue weighted by Gasteiger charge is -2.03. The number of H-pyrrole nitrogens is 2. The Labute approximate surface area is 85.2 Å². The Balaban J connectivity index is 2.94. The molecular formula is C10H11N3O2. The zero-order chi connectivity index (χ0) is 11.0. The van der Waals surface area contributed by atoms with E-state index in [0.717, 1.165) is 17.7 Å². The maximum atomic E-state index is 11.5. The lowest BCUT2D eigenvalue weighted by atomic mass is 10.1. The van der Waals surface area contributed by atoms with E-state index in [1.54, 1.807) is 6.07 Å². The number of fused-ring (bicyclic) bond motifs is 1. The molecular weight excluding hydrogens is 194 g/mol. The predicted molar refractivity (Wildman–Crippen MR) is 57.1 cm³/mol. The minimum absolute atomic E-state index is 0.346. The molecule has 0 amide bonds. The average Bonchev–Trinajstić information content (AvgIpc) is 2.16. The van der Waals surface area contributed by atoms with Crippen molar-refractivity contribution in [1.82, 2.24) is 15.0 Å². The van der Waals surface area contributed by atoms with Gasteiger partial charge in [-0.2, -0.15) is 0 Å². The maximum Gasteiger partial charge on any atom is 0.327 e. The molecule has 0 spiro atoms. The molecule has 2 aromatic rings. The van der Waals surface area contributed by atoms with E-state index in [4.69, 9.17) is 0 Å². The third-order valence-corrected chi connectivity index (χ3v) is 2.40. The molecule has 2 N–H and O–H groups in total.